The van der Waals surface area contributed by atoms with Crippen LogP contribution in [0.5, 0.6) is 0 Å². The van der Waals surface area contributed by atoms with Gasteiger partial charge in [0.05, 0.1) is 5.92 Å². The normalized spacial score (nSPS) is 28.3. The van der Waals surface area contributed by atoms with E-state index in [4.69, 9.17) is 0 Å². The quantitative estimate of drug-likeness (QED) is 0.790. The number of piperazine rings is 1. The molecule has 0 saturated carbocycles. The lowest BCUT2D eigenvalue weighted by Crippen LogP contribution is -2.49. The number of carbonyl (C=O) groups is 1. The summed E-state index contributed by atoms with van der Waals surface area (Å²) >= 11 is 0. The third kappa shape index (κ3) is 4.71. The molecule has 5 nitrogen and oxygen atoms in total. The number of likely N-dealkylation sites (N-methyl/N-ethyl adjacent to an activating group) is 1. The predicted octanol–water partition coefficient (Wildman–Crippen LogP) is 1.75. The van der Waals surface area contributed by atoms with E-state index in [9.17, 15) is 4.79 Å². The zero-order valence-electron chi connectivity index (χ0n) is 16.7. The van der Waals surface area contributed by atoms with Crippen molar-refractivity contribution in [2.45, 2.75) is 31.8 Å². The van der Waals surface area contributed by atoms with Gasteiger partial charge in [0.15, 0.2) is 0 Å². The largest absolute Gasteiger partial charge is 0.341 e. The summed E-state index contributed by atoms with van der Waals surface area (Å²) < 4.78 is 0. The first kappa shape index (κ1) is 18.9. The molecular weight excluding hydrogens is 336 g/mol. The number of likely N-dealkylation sites (tertiary alicyclic amines) is 1. The fourth-order valence-corrected chi connectivity index (χ4v) is 4.93. The molecular formula is C22H34N4O. The van der Waals surface area contributed by atoms with Crippen LogP contribution in [-0.4, -0.2) is 91.0 Å². The summed E-state index contributed by atoms with van der Waals surface area (Å²) in [6, 6.07) is 11.2. The third-order valence-electron chi connectivity index (χ3n) is 6.73. The van der Waals surface area contributed by atoms with Gasteiger partial charge >= 0.3 is 0 Å². The molecule has 2 atom stereocenters. The zero-order valence-corrected chi connectivity index (χ0v) is 16.7. The second-order valence-corrected chi connectivity index (χ2v) is 8.59. The lowest BCUT2D eigenvalue weighted by Gasteiger charge is -2.36. The van der Waals surface area contributed by atoms with Crippen LogP contribution in [0.1, 0.15) is 24.8 Å². The summed E-state index contributed by atoms with van der Waals surface area (Å²) in [5.41, 5.74) is 1.41. The summed E-state index contributed by atoms with van der Waals surface area (Å²) in [7, 11) is 2.01. The fourth-order valence-electron chi connectivity index (χ4n) is 4.93. The Morgan fingerprint density at radius 3 is 2.37 bits per heavy atom. The van der Waals surface area contributed by atoms with Gasteiger partial charge < -0.3 is 4.90 Å². The van der Waals surface area contributed by atoms with Crippen molar-refractivity contribution in [3.8, 4) is 0 Å². The molecule has 27 heavy (non-hydrogen) atoms. The summed E-state index contributed by atoms with van der Waals surface area (Å²) in [5, 5.41) is 0. The van der Waals surface area contributed by atoms with E-state index in [2.05, 4.69) is 45.0 Å². The lowest BCUT2D eigenvalue weighted by molar-refractivity contribution is -0.134. The monoisotopic (exact) mass is 370 g/mol. The number of benzene rings is 1. The number of nitrogens with zero attached hydrogens (tertiary/aromatic N) is 4. The summed E-state index contributed by atoms with van der Waals surface area (Å²) in [4.78, 5) is 22.3. The van der Waals surface area contributed by atoms with Gasteiger partial charge in [-0.3, -0.25) is 19.5 Å². The zero-order chi connectivity index (χ0) is 18.6. The van der Waals surface area contributed by atoms with E-state index in [1.54, 1.807) is 0 Å². The topological polar surface area (TPSA) is 30.0 Å². The highest BCUT2D eigenvalue weighted by atomic mass is 16.2. The molecule has 3 aliphatic heterocycles. The van der Waals surface area contributed by atoms with Crippen LogP contribution in [0.15, 0.2) is 30.3 Å². The maximum atomic E-state index is 12.5. The first-order valence-corrected chi connectivity index (χ1v) is 10.7. The highest BCUT2D eigenvalue weighted by Gasteiger charge is 2.36. The molecule has 1 aromatic rings. The fraction of sp³-hybridized carbons (Fsp3) is 0.682. The molecule has 3 aliphatic rings. The molecule has 5 heteroatoms. The molecule has 4 rings (SSSR count). The molecule has 2 bridgehead atoms. The van der Waals surface area contributed by atoms with Crippen molar-refractivity contribution in [3.63, 3.8) is 0 Å². The number of hydrogen-bond donors (Lipinski definition) is 0. The average Bonchev–Trinajstić information content (AvgIpc) is 2.87. The second-order valence-electron chi connectivity index (χ2n) is 8.59. The molecule has 148 valence electrons. The van der Waals surface area contributed by atoms with Crippen LogP contribution >= 0.6 is 0 Å². The van der Waals surface area contributed by atoms with Gasteiger partial charge in [0.1, 0.15) is 0 Å². The molecule has 0 unspecified atom stereocenters. The first-order valence-electron chi connectivity index (χ1n) is 10.7. The molecule has 0 N–H and O–H groups in total. The number of hydrogen-bond acceptors (Lipinski definition) is 4. The van der Waals surface area contributed by atoms with Gasteiger partial charge in [0.2, 0.25) is 5.91 Å². The molecule has 0 aliphatic carbocycles. The van der Waals surface area contributed by atoms with Crippen molar-refractivity contribution in [3.05, 3.63) is 35.9 Å². The van der Waals surface area contributed by atoms with Crippen molar-refractivity contribution >= 4 is 5.91 Å². The summed E-state index contributed by atoms with van der Waals surface area (Å²) in [5.74, 6) is 0.611. The van der Waals surface area contributed by atoms with Crippen molar-refractivity contribution in [2.24, 2.45) is 5.92 Å². The van der Waals surface area contributed by atoms with E-state index in [0.29, 0.717) is 11.9 Å². The highest BCUT2D eigenvalue weighted by molar-refractivity contribution is 5.79. The van der Waals surface area contributed by atoms with Gasteiger partial charge in [-0.1, -0.05) is 36.8 Å². The van der Waals surface area contributed by atoms with Gasteiger partial charge in [-0.2, -0.15) is 0 Å². The van der Waals surface area contributed by atoms with Gasteiger partial charge in [-0.15, -0.1) is 0 Å². The van der Waals surface area contributed by atoms with Crippen LogP contribution in [-0.2, 0) is 11.3 Å². The molecule has 1 amide bonds. The van der Waals surface area contributed by atoms with Crippen molar-refractivity contribution in [1.82, 2.24) is 19.6 Å². The molecule has 3 fully saturated rings. The Morgan fingerprint density at radius 2 is 1.59 bits per heavy atom. The van der Waals surface area contributed by atoms with Crippen LogP contribution in [0.25, 0.3) is 0 Å². The minimum Gasteiger partial charge on any atom is -0.341 e. The Labute approximate surface area is 163 Å². The van der Waals surface area contributed by atoms with Crippen LogP contribution in [0.3, 0.4) is 0 Å². The second kappa shape index (κ2) is 8.72. The Hall–Kier alpha value is -1.43. The predicted molar refractivity (Wildman–Crippen MR) is 108 cm³/mol. The van der Waals surface area contributed by atoms with E-state index in [1.165, 1.54) is 18.4 Å². The number of carbonyl (C=O) groups excluding carboxylic acids is 1. The van der Waals surface area contributed by atoms with Crippen LogP contribution in [0.4, 0.5) is 0 Å². The van der Waals surface area contributed by atoms with Gasteiger partial charge in [0, 0.05) is 72.0 Å². The van der Waals surface area contributed by atoms with Gasteiger partial charge in [0.25, 0.3) is 0 Å². The third-order valence-corrected chi connectivity index (χ3v) is 6.73. The van der Waals surface area contributed by atoms with Crippen molar-refractivity contribution in [1.29, 1.82) is 0 Å². The molecule has 0 radical (unpaired) electrons. The van der Waals surface area contributed by atoms with Gasteiger partial charge in [-0.25, -0.2) is 0 Å². The molecule has 0 aromatic heterocycles. The Kier molecular flexibility index (Phi) is 6.11. The highest BCUT2D eigenvalue weighted by Crippen LogP contribution is 2.26. The number of amides is 1. The molecule has 3 heterocycles. The van der Waals surface area contributed by atoms with Crippen LogP contribution in [0, 0.1) is 5.92 Å². The van der Waals surface area contributed by atoms with E-state index in [0.717, 1.165) is 65.3 Å². The van der Waals surface area contributed by atoms with Crippen LogP contribution in [0.2, 0.25) is 0 Å². The number of rotatable bonds is 5. The van der Waals surface area contributed by atoms with E-state index < -0.39 is 0 Å². The minimum absolute atomic E-state index is 0.227. The smallest absolute Gasteiger partial charge is 0.227 e. The van der Waals surface area contributed by atoms with E-state index in [1.807, 2.05) is 11.9 Å². The van der Waals surface area contributed by atoms with E-state index >= 15 is 0 Å². The Bertz CT molecular complexity index is 614. The van der Waals surface area contributed by atoms with Crippen molar-refractivity contribution < 1.29 is 4.79 Å². The van der Waals surface area contributed by atoms with Crippen LogP contribution < -0.4 is 0 Å². The molecule has 0 spiro atoms. The Balaban J connectivity index is 1.23. The van der Waals surface area contributed by atoms with Gasteiger partial charge in [-0.05, 0) is 18.4 Å². The number of fused-ring (bicyclic) bond motifs is 3. The standard InChI is InChI=1S/C22H34N4O/c1-23-21-9-5-8-20(22(23)27)17-26(18-21)15-12-24-10-13-25(14-11-24)16-19-6-3-2-4-7-19/h2-4,6-7,20-21H,5,8-18H2,1H3/t20-,21+/m1/s1. The minimum atomic E-state index is 0.227. The Morgan fingerprint density at radius 1 is 0.889 bits per heavy atom. The maximum Gasteiger partial charge on any atom is 0.227 e. The molecule has 1 aromatic carbocycles. The SMILES string of the molecule is CN1C(=O)[C@@H]2CCC[C@H]1CN(CCN1CCN(Cc3ccccc3)CC1)C2. The first-order chi connectivity index (χ1) is 13.2. The maximum absolute atomic E-state index is 12.5. The van der Waals surface area contributed by atoms with Crippen molar-refractivity contribution in [2.75, 3.05) is 59.4 Å². The summed E-state index contributed by atoms with van der Waals surface area (Å²) in [6.07, 6.45) is 3.46. The summed E-state index contributed by atoms with van der Waals surface area (Å²) in [6.45, 7) is 9.96. The lowest BCUT2D eigenvalue weighted by atomic mass is 9.99. The van der Waals surface area contributed by atoms with E-state index in [-0.39, 0.29) is 5.92 Å². The average molecular weight is 371 g/mol. The molecule has 3 saturated heterocycles.